The maximum absolute atomic E-state index is 4.87. The van der Waals surface area contributed by atoms with E-state index in [1.807, 2.05) is 13.8 Å². The average Bonchev–Trinajstić information content (AvgIpc) is 2.23. The van der Waals surface area contributed by atoms with Gasteiger partial charge < -0.3 is 4.74 Å². The first-order valence-corrected chi connectivity index (χ1v) is 4.71. The predicted molar refractivity (Wildman–Crippen MR) is 53.9 cm³/mol. The lowest BCUT2D eigenvalue weighted by atomic mass is 10.3. The third-order valence-corrected chi connectivity index (χ3v) is 1.40. The number of hydrogen-bond donors (Lipinski definition) is 0. The molecule has 3 heteroatoms. The number of aromatic nitrogens is 2. The van der Waals surface area contributed by atoms with Crippen LogP contribution in [0.15, 0.2) is 12.4 Å². The fraction of sp³-hybridized carbons (Fsp3) is 0.600. The summed E-state index contributed by atoms with van der Waals surface area (Å²) in [5, 5.41) is 0. The minimum absolute atomic E-state index is 0.574. The van der Waals surface area contributed by atoms with Crippen LogP contribution in [0, 0.1) is 0 Å². The summed E-state index contributed by atoms with van der Waals surface area (Å²) in [6, 6.07) is 0. The number of rotatable bonds is 3. The Hall–Kier alpha value is -1.12. The highest BCUT2D eigenvalue weighted by Gasteiger charge is 1.94. The van der Waals surface area contributed by atoms with Gasteiger partial charge in [0.15, 0.2) is 0 Å². The van der Waals surface area contributed by atoms with Gasteiger partial charge in [-0.25, -0.2) is 4.98 Å². The van der Waals surface area contributed by atoms with E-state index in [0.29, 0.717) is 5.88 Å². The molecule has 0 saturated carbocycles. The Labute approximate surface area is 80.2 Å². The van der Waals surface area contributed by atoms with Crippen LogP contribution in [0.2, 0.25) is 0 Å². The summed E-state index contributed by atoms with van der Waals surface area (Å²) in [6.07, 6.45) is 5.48. The fourth-order valence-corrected chi connectivity index (χ4v) is 0.834. The summed E-state index contributed by atoms with van der Waals surface area (Å²) in [5.74, 6) is 0.574. The highest BCUT2D eigenvalue weighted by molar-refractivity contribution is 5.06. The molecule has 0 aromatic carbocycles. The maximum Gasteiger partial charge on any atom is 0.231 e. The molecule has 0 spiro atoms. The van der Waals surface area contributed by atoms with Crippen LogP contribution in [0.1, 0.15) is 32.9 Å². The molecular formula is C10H18N2O. The van der Waals surface area contributed by atoms with E-state index in [9.17, 15) is 0 Å². The van der Waals surface area contributed by atoms with Crippen LogP contribution < -0.4 is 4.74 Å². The zero-order valence-electron chi connectivity index (χ0n) is 8.87. The van der Waals surface area contributed by atoms with E-state index >= 15 is 0 Å². The molecule has 0 atom stereocenters. The predicted octanol–water partition coefficient (Wildman–Crippen LogP) is 2.46. The first kappa shape index (κ1) is 11.9. The summed E-state index contributed by atoms with van der Waals surface area (Å²) in [7, 11) is 1.59. The van der Waals surface area contributed by atoms with Crippen LogP contribution in [0.5, 0.6) is 5.88 Å². The van der Waals surface area contributed by atoms with Gasteiger partial charge in [-0.3, -0.25) is 4.98 Å². The van der Waals surface area contributed by atoms with E-state index in [0.717, 1.165) is 18.5 Å². The average molecular weight is 182 g/mol. The van der Waals surface area contributed by atoms with Crippen molar-refractivity contribution in [2.45, 2.75) is 33.6 Å². The molecule has 0 bridgehead atoms. The molecule has 1 rings (SSSR count). The van der Waals surface area contributed by atoms with Crippen molar-refractivity contribution in [2.24, 2.45) is 0 Å². The van der Waals surface area contributed by atoms with Gasteiger partial charge in [-0.1, -0.05) is 27.2 Å². The molecule has 0 fully saturated rings. The molecule has 0 unspecified atom stereocenters. The summed E-state index contributed by atoms with van der Waals surface area (Å²) < 4.78 is 4.87. The zero-order chi connectivity index (χ0) is 10.1. The van der Waals surface area contributed by atoms with Gasteiger partial charge in [-0.2, -0.15) is 0 Å². The second kappa shape index (κ2) is 7.53. The minimum atomic E-state index is 0.574. The summed E-state index contributed by atoms with van der Waals surface area (Å²) in [5.41, 5.74) is 1.02. The van der Waals surface area contributed by atoms with E-state index in [2.05, 4.69) is 16.9 Å². The van der Waals surface area contributed by atoms with E-state index in [-0.39, 0.29) is 0 Å². The Morgan fingerprint density at radius 2 is 1.92 bits per heavy atom. The Morgan fingerprint density at radius 1 is 1.23 bits per heavy atom. The van der Waals surface area contributed by atoms with Crippen molar-refractivity contribution in [1.82, 2.24) is 9.97 Å². The van der Waals surface area contributed by atoms with E-state index < -0.39 is 0 Å². The van der Waals surface area contributed by atoms with Crippen LogP contribution in [-0.2, 0) is 6.42 Å². The normalized spacial score (nSPS) is 8.62. The molecule has 0 radical (unpaired) electrons. The van der Waals surface area contributed by atoms with E-state index in [1.165, 1.54) is 0 Å². The van der Waals surface area contributed by atoms with Gasteiger partial charge in [0, 0.05) is 0 Å². The second-order valence-corrected chi connectivity index (χ2v) is 2.30. The molecule has 1 aromatic rings. The standard InChI is InChI=1S/C8H12N2O.C2H6/c1-3-4-7-5-10-8(11-2)6-9-7;1-2/h5-6H,3-4H2,1-2H3;1-2H3. The number of nitrogens with zero attached hydrogens (tertiary/aromatic N) is 2. The number of aryl methyl sites for hydroxylation is 1. The van der Waals surface area contributed by atoms with Crippen LogP contribution in [0.4, 0.5) is 0 Å². The summed E-state index contributed by atoms with van der Waals surface area (Å²) in [4.78, 5) is 8.18. The van der Waals surface area contributed by atoms with Gasteiger partial charge in [0.1, 0.15) is 0 Å². The third kappa shape index (κ3) is 4.45. The van der Waals surface area contributed by atoms with Crippen LogP contribution >= 0.6 is 0 Å². The van der Waals surface area contributed by atoms with Gasteiger partial charge in [0.05, 0.1) is 25.2 Å². The van der Waals surface area contributed by atoms with Crippen molar-refractivity contribution in [1.29, 1.82) is 0 Å². The largest absolute Gasteiger partial charge is 0.480 e. The Morgan fingerprint density at radius 3 is 2.31 bits per heavy atom. The van der Waals surface area contributed by atoms with E-state index in [4.69, 9.17) is 4.74 Å². The lowest BCUT2D eigenvalue weighted by Crippen LogP contribution is -1.93. The van der Waals surface area contributed by atoms with Crippen molar-refractivity contribution < 1.29 is 4.74 Å². The zero-order valence-corrected chi connectivity index (χ0v) is 8.87. The monoisotopic (exact) mass is 182 g/mol. The number of ether oxygens (including phenoxy) is 1. The molecule has 0 amide bonds. The smallest absolute Gasteiger partial charge is 0.231 e. The van der Waals surface area contributed by atoms with Gasteiger partial charge >= 0.3 is 0 Å². The summed E-state index contributed by atoms with van der Waals surface area (Å²) in [6.45, 7) is 6.12. The maximum atomic E-state index is 4.87. The van der Waals surface area contributed by atoms with Crippen LogP contribution in [-0.4, -0.2) is 17.1 Å². The van der Waals surface area contributed by atoms with Crippen molar-refractivity contribution in [3.8, 4) is 5.88 Å². The molecule has 74 valence electrons. The van der Waals surface area contributed by atoms with Gasteiger partial charge in [-0.15, -0.1) is 0 Å². The molecule has 0 saturated heterocycles. The van der Waals surface area contributed by atoms with Crippen LogP contribution in [0.25, 0.3) is 0 Å². The van der Waals surface area contributed by atoms with E-state index in [1.54, 1.807) is 19.5 Å². The molecule has 3 nitrogen and oxygen atoms in total. The van der Waals surface area contributed by atoms with Gasteiger partial charge in [-0.05, 0) is 6.42 Å². The number of hydrogen-bond acceptors (Lipinski definition) is 3. The Bertz CT molecular complexity index is 209. The lowest BCUT2D eigenvalue weighted by molar-refractivity contribution is 0.395. The molecule has 0 N–H and O–H groups in total. The molecule has 13 heavy (non-hydrogen) atoms. The number of methoxy groups -OCH3 is 1. The molecular weight excluding hydrogens is 164 g/mol. The lowest BCUT2D eigenvalue weighted by Gasteiger charge is -1.98. The molecule has 0 aliphatic rings. The van der Waals surface area contributed by atoms with Crippen LogP contribution in [0.3, 0.4) is 0 Å². The minimum Gasteiger partial charge on any atom is -0.480 e. The van der Waals surface area contributed by atoms with Gasteiger partial charge in [0.2, 0.25) is 5.88 Å². The highest BCUT2D eigenvalue weighted by atomic mass is 16.5. The SMILES string of the molecule is CC.CCCc1cnc(OC)cn1. The third-order valence-electron chi connectivity index (χ3n) is 1.40. The van der Waals surface area contributed by atoms with Gasteiger partial charge in [0.25, 0.3) is 0 Å². The van der Waals surface area contributed by atoms with Crippen molar-refractivity contribution >= 4 is 0 Å². The molecule has 1 aromatic heterocycles. The quantitative estimate of drug-likeness (QED) is 0.720. The molecule has 0 aliphatic carbocycles. The first-order valence-electron chi connectivity index (χ1n) is 4.71. The van der Waals surface area contributed by atoms with Crippen molar-refractivity contribution in [3.05, 3.63) is 18.1 Å². The van der Waals surface area contributed by atoms with Crippen molar-refractivity contribution in [3.63, 3.8) is 0 Å². The van der Waals surface area contributed by atoms with Crippen molar-refractivity contribution in [2.75, 3.05) is 7.11 Å². The topological polar surface area (TPSA) is 35.0 Å². The Kier molecular flexibility index (Phi) is 6.88. The first-order chi connectivity index (χ1) is 6.36. The summed E-state index contributed by atoms with van der Waals surface area (Å²) >= 11 is 0. The Balaban J connectivity index is 0.000000671. The molecule has 0 aliphatic heterocycles. The molecule has 1 heterocycles. The highest BCUT2D eigenvalue weighted by Crippen LogP contribution is 2.03. The fourth-order valence-electron chi connectivity index (χ4n) is 0.834. The second-order valence-electron chi connectivity index (χ2n) is 2.30.